The number of hydrogen-bond donors (Lipinski definition) is 1. The van der Waals surface area contributed by atoms with Gasteiger partial charge in [0.2, 0.25) is 0 Å². The lowest BCUT2D eigenvalue weighted by Crippen LogP contribution is -2.45. The third-order valence-corrected chi connectivity index (χ3v) is 3.08. The summed E-state index contributed by atoms with van der Waals surface area (Å²) in [5.74, 6) is -3.92. The molecule has 1 fully saturated rings. The molecule has 1 aromatic carbocycles. The summed E-state index contributed by atoms with van der Waals surface area (Å²) in [6.07, 6.45) is -22.1. The standard InChI is InChI=1S/C22H31NO3/c1-3-23(4-2)17-11-12-18-26-21(24)22(25,19-13-7-5-8-14-19)20-15-9-6-10-16-20/h5,7-8,13-14,20,25H,3-4,6,9-10,15-18H2,1-2H3/i3D2,4D2,5D,6D2,7D,8D,9D2,10D2,13D,14D,15D2,16D2,18D2,20D. The number of carbonyl (C=O) groups excluding carboxylic acids is 1. The molecule has 4 nitrogen and oxygen atoms in total. The van der Waals surface area contributed by atoms with Gasteiger partial charge in [0.25, 0.3) is 0 Å². The minimum atomic E-state index is -4.81. The maximum atomic E-state index is 13.9. The highest BCUT2D eigenvalue weighted by molar-refractivity contribution is 5.81. The van der Waals surface area contributed by atoms with Crippen LogP contribution in [-0.4, -0.2) is 42.1 Å². The van der Waals surface area contributed by atoms with Crippen LogP contribution in [0.4, 0.5) is 0 Å². The molecule has 0 heterocycles. The van der Waals surface area contributed by atoms with E-state index in [0.717, 1.165) is 13.8 Å². The first-order valence-corrected chi connectivity index (χ1v) is 7.20. The van der Waals surface area contributed by atoms with Gasteiger partial charge in [-0.2, -0.15) is 0 Å². The molecule has 1 aliphatic rings. The maximum absolute atomic E-state index is 13.9. The fourth-order valence-corrected chi connectivity index (χ4v) is 1.76. The van der Waals surface area contributed by atoms with Crippen LogP contribution in [0.2, 0.25) is 0 Å². The molecule has 1 aliphatic carbocycles. The van der Waals surface area contributed by atoms with E-state index in [1.807, 2.05) is 5.92 Å². The Bertz CT molecular complexity index is 1460. The molecule has 1 atom stereocenters. The number of carbonyl (C=O) groups is 1. The second kappa shape index (κ2) is 10.4. The number of esters is 1. The molecule has 1 aromatic rings. The van der Waals surface area contributed by atoms with Crippen LogP contribution in [0.15, 0.2) is 30.2 Å². The van der Waals surface area contributed by atoms with Gasteiger partial charge in [0.15, 0.2) is 12.2 Å². The monoisotopic (exact) mass is 379 g/mol. The fraction of sp³-hybridized carbons (Fsp3) is 0.591. The minimum Gasteiger partial charge on any atom is -0.450 e. The Morgan fingerprint density at radius 3 is 2.62 bits per heavy atom. The molecule has 4 heteroatoms. The minimum absolute atomic E-state index is 0.496. The number of benzene rings is 1. The van der Waals surface area contributed by atoms with Crippen molar-refractivity contribution >= 4 is 5.97 Å². The summed E-state index contributed by atoms with van der Waals surface area (Å²) in [4.78, 5) is 14.4. The molecular weight excluding hydrogens is 326 g/mol. The molecule has 26 heavy (non-hydrogen) atoms. The van der Waals surface area contributed by atoms with Gasteiger partial charge in [-0.05, 0) is 31.3 Å². The van der Waals surface area contributed by atoms with Gasteiger partial charge in [-0.1, -0.05) is 75.0 Å². The van der Waals surface area contributed by atoms with Crippen molar-refractivity contribution in [2.24, 2.45) is 5.89 Å². The van der Waals surface area contributed by atoms with Gasteiger partial charge in [0, 0.05) is 26.5 Å². The van der Waals surface area contributed by atoms with Gasteiger partial charge in [0.05, 0.1) is 16.1 Å². The van der Waals surface area contributed by atoms with Gasteiger partial charge in [-0.25, -0.2) is 4.79 Å². The summed E-state index contributed by atoms with van der Waals surface area (Å²) < 4.78 is 184. The smallest absolute Gasteiger partial charge is 0.344 e. The fourth-order valence-electron chi connectivity index (χ4n) is 1.76. The van der Waals surface area contributed by atoms with E-state index in [9.17, 15) is 9.90 Å². The summed E-state index contributed by atoms with van der Waals surface area (Å²) in [6, 6.07) is -7.23. The SMILES string of the molecule is [2H]c1c([2H])c([2H])c(C(O)(C(=O)OC([2H])([2H])C#CCN(C([2H])([2H])C)C([2H])([2H])C)C2([2H])C([2H])([2H])C([2H])([2H])C([2H])([2H])C([2H])([2H])C2([2H])[2H])c([2H])c1[2H]. The number of ether oxygens (including phenoxy) is 1. The average molecular weight is 380 g/mol. The summed E-state index contributed by atoms with van der Waals surface area (Å²) in [6.45, 7) is -7.54. The first-order chi connectivity index (χ1) is 20.9. The van der Waals surface area contributed by atoms with E-state index < -0.39 is 111 Å². The Morgan fingerprint density at radius 2 is 2.00 bits per heavy atom. The Kier molecular flexibility index (Phi) is 2.32. The van der Waals surface area contributed by atoms with Gasteiger partial charge in [-0.15, -0.1) is 0 Å². The predicted octanol–water partition coefficient (Wildman–Crippen LogP) is 3.34. The van der Waals surface area contributed by atoms with Crippen LogP contribution in [0.1, 0.15) is 81.4 Å². The molecule has 0 aliphatic heterocycles. The van der Waals surface area contributed by atoms with Gasteiger partial charge >= 0.3 is 5.97 Å². The number of rotatable bonds is 7. The zero-order valence-corrected chi connectivity index (χ0v) is 13.9. The Morgan fingerprint density at radius 1 is 1.35 bits per heavy atom. The van der Waals surface area contributed by atoms with Crippen LogP contribution in [0.3, 0.4) is 0 Å². The quantitative estimate of drug-likeness (QED) is 0.583. The van der Waals surface area contributed by atoms with Crippen LogP contribution in [0.25, 0.3) is 0 Å². The lowest BCUT2D eigenvalue weighted by atomic mass is 9.73. The highest BCUT2D eigenvalue weighted by Gasteiger charge is 2.46. The third kappa shape index (κ3) is 5.09. The van der Waals surface area contributed by atoms with Crippen molar-refractivity contribution < 1.29 is 44.8 Å². The zero-order chi connectivity index (χ0) is 38.4. The number of hydrogen-bond acceptors (Lipinski definition) is 4. The van der Waals surface area contributed by atoms with Crippen LogP contribution in [0, 0.1) is 17.7 Å². The summed E-state index contributed by atoms with van der Waals surface area (Å²) >= 11 is 0. The normalized spacial score (nSPS) is 42.2. The van der Waals surface area contributed by atoms with E-state index in [-0.39, 0.29) is 0 Å². The number of aliphatic hydroxyl groups is 1. The van der Waals surface area contributed by atoms with Crippen molar-refractivity contribution in [2.45, 2.75) is 51.3 Å². The van der Waals surface area contributed by atoms with Crippen molar-refractivity contribution in [1.82, 2.24) is 4.90 Å². The molecule has 1 unspecified atom stereocenters. The first-order valence-electron chi connectivity index (χ1n) is 18.2. The molecule has 1 saturated carbocycles. The highest BCUT2D eigenvalue weighted by atomic mass is 16.5. The summed E-state index contributed by atoms with van der Waals surface area (Å²) in [7, 11) is 0. The topological polar surface area (TPSA) is 49.8 Å². The molecular formula is C22H31NO3. The molecule has 2 rings (SSSR count). The molecule has 0 radical (unpaired) electrons. The van der Waals surface area contributed by atoms with E-state index in [1.165, 1.54) is 0 Å². The van der Waals surface area contributed by atoms with Gasteiger partial charge < -0.3 is 9.84 Å². The lowest BCUT2D eigenvalue weighted by molar-refractivity contribution is -0.174. The lowest BCUT2D eigenvalue weighted by Gasteiger charge is -2.36. The zero-order valence-electron chi connectivity index (χ0n) is 35.9. The second-order valence-electron chi connectivity index (χ2n) is 4.54. The van der Waals surface area contributed by atoms with E-state index in [4.69, 9.17) is 30.2 Å². The largest absolute Gasteiger partial charge is 0.450 e. The Balaban J connectivity index is 3.07. The van der Waals surface area contributed by atoms with Crippen molar-refractivity contribution in [2.75, 3.05) is 26.1 Å². The van der Waals surface area contributed by atoms with E-state index in [1.54, 1.807) is 5.92 Å². The molecule has 0 bridgehead atoms. The van der Waals surface area contributed by atoms with E-state index in [2.05, 4.69) is 4.74 Å². The van der Waals surface area contributed by atoms with Crippen LogP contribution < -0.4 is 0 Å². The molecule has 1 N–H and O–H groups in total. The van der Waals surface area contributed by atoms with E-state index in [0.29, 0.717) is 4.90 Å². The third-order valence-electron chi connectivity index (χ3n) is 3.08. The predicted molar refractivity (Wildman–Crippen MR) is 103 cm³/mol. The van der Waals surface area contributed by atoms with E-state index >= 15 is 0 Å². The van der Waals surface area contributed by atoms with Crippen molar-refractivity contribution in [3.05, 3.63) is 35.8 Å². The van der Waals surface area contributed by atoms with Crippen LogP contribution >= 0.6 is 0 Å². The molecule has 142 valence electrons. The Labute approximate surface area is 188 Å². The first kappa shape index (κ1) is 5.83. The molecule has 0 spiro atoms. The maximum Gasteiger partial charge on any atom is 0.344 e. The summed E-state index contributed by atoms with van der Waals surface area (Å²) in [5.41, 5.74) is -6.67. The second-order valence-corrected chi connectivity index (χ2v) is 4.54. The van der Waals surface area contributed by atoms with Crippen molar-refractivity contribution in [3.8, 4) is 11.8 Å². The van der Waals surface area contributed by atoms with Crippen LogP contribution in [-0.2, 0) is 15.1 Å². The van der Waals surface area contributed by atoms with Gasteiger partial charge in [0.1, 0.15) is 0 Å². The molecule has 0 amide bonds. The number of nitrogens with zero attached hydrogens (tertiary/aromatic N) is 1. The van der Waals surface area contributed by atoms with Crippen molar-refractivity contribution in [3.63, 3.8) is 0 Å². The molecule has 0 aromatic heterocycles. The van der Waals surface area contributed by atoms with Gasteiger partial charge in [-0.3, -0.25) is 4.90 Å². The summed E-state index contributed by atoms with van der Waals surface area (Å²) in [5, 5.41) is 12.1. The molecule has 0 saturated heterocycles. The average Bonchev–Trinajstić information content (AvgIpc) is 2.89. The van der Waals surface area contributed by atoms with Crippen LogP contribution in [0.5, 0.6) is 0 Å². The highest BCUT2D eigenvalue weighted by Crippen LogP contribution is 2.40. The van der Waals surface area contributed by atoms with Crippen molar-refractivity contribution in [1.29, 1.82) is 0 Å². The Hall–Kier alpha value is -1.83.